The van der Waals surface area contributed by atoms with E-state index in [0.29, 0.717) is 0 Å². The van der Waals surface area contributed by atoms with Crippen LogP contribution in [0, 0.1) is 5.82 Å². The van der Waals surface area contributed by atoms with Crippen LogP contribution in [0.25, 0.3) is 0 Å². The van der Waals surface area contributed by atoms with Gasteiger partial charge in [0.15, 0.2) is 0 Å². The van der Waals surface area contributed by atoms with Crippen LogP contribution in [0.3, 0.4) is 0 Å². The van der Waals surface area contributed by atoms with E-state index in [9.17, 15) is 30.8 Å². The van der Waals surface area contributed by atoms with Gasteiger partial charge in [-0.05, 0) is 42.5 Å². The second-order valence-electron chi connectivity index (χ2n) is 5.60. The van der Waals surface area contributed by atoms with Crippen molar-refractivity contribution in [2.75, 3.05) is 10.0 Å². The third-order valence-electron chi connectivity index (χ3n) is 3.48. The molecule has 3 aromatic rings. The lowest BCUT2D eigenvalue weighted by Crippen LogP contribution is -2.16. The summed E-state index contributed by atoms with van der Waals surface area (Å²) in [6.07, 6.45) is -4.77. The maximum atomic E-state index is 12.9. The third kappa shape index (κ3) is 4.87. The second-order valence-corrected chi connectivity index (χ2v) is 7.28. The highest BCUT2D eigenvalue weighted by Crippen LogP contribution is 2.26. The van der Waals surface area contributed by atoms with Crippen molar-refractivity contribution in [3.63, 3.8) is 0 Å². The third-order valence-corrected chi connectivity index (χ3v) is 4.86. The Morgan fingerprint density at radius 2 is 1.76 bits per heavy atom. The number of amides is 1. The molecule has 0 saturated heterocycles. The summed E-state index contributed by atoms with van der Waals surface area (Å²) in [5.41, 5.74) is -0.0630. The summed E-state index contributed by atoms with van der Waals surface area (Å²) in [5.74, 6) is -3.49. The van der Waals surface area contributed by atoms with Crippen molar-refractivity contribution in [3.8, 4) is 0 Å². The van der Waals surface area contributed by atoms with Gasteiger partial charge < -0.3 is 0 Å². The molecular formula is C16H11F4N5O3S. The normalized spacial score (nSPS) is 11.9. The SMILES string of the molecule is O=C(Nc1n[nH]c(C(F)(F)F)n1)c1cccc(S(=O)(=O)Nc2ccc(F)cc2)c1. The van der Waals surface area contributed by atoms with Gasteiger partial charge in [0.05, 0.1) is 4.90 Å². The summed E-state index contributed by atoms with van der Waals surface area (Å²) < 4.78 is 77.6. The maximum Gasteiger partial charge on any atom is 0.451 e. The van der Waals surface area contributed by atoms with Crippen molar-refractivity contribution in [2.24, 2.45) is 0 Å². The molecule has 0 aliphatic carbocycles. The minimum atomic E-state index is -4.77. The number of hydrogen-bond acceptors (Lipinski definition) is 5. The smallest absolute Gasteiger partial charge is 0.289 e. The lowest BCUT2D eigenvalue weighted by Gasteiger charge is -2.09. The summed E-state index contributed by atoms with van der Waals surface area (Å²) in [6, 6.07) is 9.30. The highest BCUT2D eigenvalue weighted by atomic mass is 32.2. The zero-order chi connectivity index (χ0) is 21.2. The van der Waals surface area contributed by atoms with Gasteiger partial charge in [0, 0.05) is 11.3 Å². The number of anilines is 2. The highest BCUT2D eigenvalue weighted by molar-refractivity contribution is 7.92. The summed E-state index contributed by atoms with van der Waals surface area (Å²) in [4.78, 5) is 15.0. The number of carbonyl (C=O) groups excluding carboxylic acids is 1. The van der Waals surface area contributed by atoms with E-state index in [2.05, 4.69) is 14.8 Å². The summed E-state index contributed by atoms with van der Waals surface area (Å²) in [5, 5.41) is 6.90. The van der Waals surface area contributed by atoms with Gasteiger partial charge in [-0.3, -0.25) is 19.9 Å². The standard InChI is InChI=1S/C16H11F4N5O3S/c17-10-4-6-11(7-5-10)25-29(27,28)12-3-1-2-9(8-12)13(26)21-15-22-14(23-24-15)16(18,19)20/h1-8,25H,(H2,21,22,23,24,26). The molecule has 2 aromatic carbocycles. The van der Waals surface area contributed by atoms with E-state index in [4.69, 9.17) is 0 Å². The molecule has 0 bridgehead atoms. The molecule has 3 N–H and O–H groups in total. The molecule has 3 rings (SSSR count). The van der Waals surface area contributed by atoms with Gasteiger partial charge in [-0.1, -0.05) is 6.07 Å². The Hall–Kier alpha value is -3.48. The van der Waals surface area contributed by atoms with E-state index in [1.54, 1.807) is 5.10 Å². The average Bonchev–Trinajstić information content (AvgIpc) is 3.12. The molecule has 0 aliphatic rings. The summed E-state index contributed by atoms with van der Waals surface area (Å²) >= 11 is 0. The number of halogens is 4. The van der Waals surface area contributed by atoms with Crippen LogP contribution in [0.2, 0.25) is 0 Å². The number of H-pyrrole nitrogens is 1. The molecule has 0 atom stereocenters. The Morgan fingerprint density at radius 3 is 2.38 bits per heavy atom. The van der Waals surface area contributed by atoms with E-state index in [1.165, 1.54) is 30.3 Å². The number of aromatic nitrogens is 3. The van der Waals surface area contributed by atoms with Gasteiger partial charge in [-0.15, -0.1) is 5.10 Å². The molecule has 29 heavy (non-hydrogen) atoms. The number of sulfonamides is 1. The summed E-state index contributed by atoms with van der Waals surface area (Å²) in [6.45, 7) is 0. The zero-order valence-corrected chi connectivity index (χ0v) is 15.0. The minimum Gasteiger partial charge on any atom is -0.289 e. The van der Waals surface area contributed by atoms with E-state index >= 15 is 0 Å². The van der Waals surface area contributed by atoms with E-state index in [1.807, 2.05) is 5.32 Å². The van der Waals surface area contributed by atoms with Crippen molar-refractivity contribution in [1.29, 1.82) is 0 Å². The number of hydrogen-bond donors (Lipinski definition) is 3. The van der Waals surface area contributed by atoms with Crippen LogP contribution in [-0.4, -0.2) is 29.5 Å². The van der Waals surface area contributed by atoms with E-state index in [-0.39, 0.29) is 16.1 Å². The fraction of sp³-hybridized carbons (Fsp3) is 0.0625. The predicted molar refractivity (Wildman–Crippen MR) is 93.0 cm³/mol. The Morgan fingerprint density at radius 1 is 1.07 bits per heavy atom. The maximum absolute atomic E-state index is 12.9. The molecule has 1 heterocycles. The molecule has 1 amide bonds. The molecule has 13 heteroatoms. The van der Waals surface area contributed by atoms with Gasteiger partial charge >= 0.3 is 6.18 Å². The van der Waals surface area contributed by atoms with E-state index < -0.39 is 39.7 Å². The van der Waals surface area contributed by atoms with Crippen molar-refractivity contribution in [3.05, 3.63) is 65.7 Å². The van der Waals surface area contributed by atoms with E-state index in [0.717, 1.165) is 18.2 Å². The Labute approximate surface area is 161 Å². The quantitative estimate of drug-likeness (QED) is 0.539. The second kappa shape index (κ2) is 7.50. The predicted octanol–water partition coefficient (Wildman–Crippen LogP) is 3.02. The number of carbonyl (C=O) groups is 1. The number of nitrogens with one attached hydrogen (secondary N) is 3. The van der Waals surface area contributed by atoms with Crippen LogP contribution in [0.5, 0.6) is 0 Å². The van der Waals surface area contributed by atoms with Crippen LogP contribution in [0.15, 0.2) is 53.4 Å². The highest BCUT2D eigenvalue weighted by Gasteiger charge is 2.35. The lowest BCUT2D eigenvalue weighted by molar-refractivity contribution is -0.144. The van der Waals surface area contributed by atoms with Crippen molar-refractivity contribution < 1.29 is 30.8 Å². The first-order valence-corrected chi connectivity index (χ1v) is 9.22. The van der Waals surface area contributed by atoms with Gasteiger partial charge in [0.2, 0.25) is 11.8 Å². The molecule has 0 fully saturated rings. The molecule has 1 aromatic heterocycles. The van der Waals surface area contributed by atoms with Gasteiger partial charge in [0.25, 0.3) is 15.9 Å². The topological polar surface area (TPSA) is 117 Å². The first-order valence-electron chi connectivity index (χ1n) is 7.74. The first-order chi connectivity index (χ1) is 13.5. The molecular weight excluding hydrogens is 418 g/mol. The van der Waals surface area contributed by atoms with Crippen LogP contribution in [0.4, 0.5) is 29.2 Å². The number of aromatic amines is 1. The number of rotatable bonds is 5. The van der Waals surface area contributed by atoms with Crippen molar-refractivity contribution in [2.45, 2.75) is 11.1 Å². The van der Waals surface area contributed by atoms with Gasteiger partial charge in [-0.25, -0.2) is 12.8 Å². The monoisotopic (exact) mass is 429 g/mol. The molecule has 0 saturated carbocycles. The Bertz CT molecular complexity index is 1140. The van der Waals surface area contributed by atoms with Crippen LogP contribution >= 0.6 is 0 Å². The van der Waals surface area contributed by atoms with Gasteiger partial charge in [-0.2, -0.15) is 18.2 Å². The minimum absolute atomic E-state index is 0.0988. The average molecular weight is 429 g/mol. The zero-order valence-electron chi connectivity index (χ0n) is 14.2. The molecule has 152 valence electrons. The number of alkyl halides is 3. The van der Waals surface area contributed by atoms with Gasteiger partial charge in [0.1, 0.15) is 5.82 Å². The Kier molecular flexibility index (Phi) is 5.24. The van der Waals surface area contributed by atoms with Crippen LogP contribution in [-0.2, 0) is 16.2 Å². The fourth-order valence-electron chi connectivity index (χ4n) is 2.15. The molecule has 0 unspecified atom stereocenters. The fourth-order valence-corrected chi connectivity index (χ4v) is 3.26. The number of nitrogens with zero attached hydrogens (tertiary/aromatic N) is 2. The molecule has 0 spiro atoms. The lowest BCUT2D eigenvalue weighted by atomic mass is 10.2. The first kappa shape index (κ1) is 20.3. The Balaban J connectivity index is 1.78. The van der Waals surface area contributed by atoms with Crippen molar-refractivity contribution in [1.82, 2.24) is 15.2 Å². The number of benzene rings is 2. The summed E-state index contributed by atoms with van der Waals surface area (Å²) in [7, 11) is -4.11. The largest absolute Gasteiger partial charge is 0.451 e. The van der Waals surface area contributed by atoms with Crippen molar-refractivity contribution >= 4 is 27.6 Å². The van der Waals surface area contributed by atoms with Crippen LogP contribution < -0.4 is 10.0 Å². The molecule has 8 nitrogen and oxygen atoms in total. The van der Waals surface area contributed by atoms with Crippen LogP contribution in [0.1, 0.15) is 16.2 Å². The molecule has 0 aliphatic heterocycles. The molecule has 0 radical (unpaired) electrons.